The van der Waals surface area contributed by atoms with Gasteiger partial charge in [0.25, 0.3) is 0 Å². The Morgan fingerprint density at radius 2 is 1.95 bits per heavy atom. The lowest BCUT2D eigenvalue weighted by molar-refractivity contribution is -0.132. The van der Waals surface area contributed by atoms with Gasteiger partial charge in [-0.2, -0.15) is 5.26 Å². The summed E-state index contributed by atoms with van der Waals surface area (Å²) in [5.41, 5.74) is 2.27. The average molecular weight is 271 g/mol. The smallest absolute Gasteiger partial charge is 0.227 e. The van der Waals surface area contributed by atoms with Gasteiger partial charge in [0, 0.05) is 26.2 Å². The fourth-order valence-electron chi connectivity index (χ4n) is 2.52. The van der Waals surface area contributed by atoms with E-state index < -0.39 is 0 Å². The Balaban J connectivity index is 1.90. The molecule has 0 aliphatic carbocycles. The Labute approximate surface area is 120 Å². The maximum absolute atomic E-state index is 12.3. The summed E-state index contributed by atoms with van der Waals surface area (Å²) >= 11 is 0. The molecular weight excluding hydrogens is 250 g/mol. The van der Waals surface area contributed by atoms with Crippen LogP contribution in [0.3, 0.4) is 0 Å². The second-order valence-corrected chi connectivity index (χ2v) is 5.33. The van der Waals surface area contributed by atoms with Crippen LogP contribution >= 0.6 is 0 Å². The van der Waals surface area contributed by atoms with Crippen molar-refractivity contribution in [3.63, 3.8) is 0 Å². The highest BCUT2D eigenvalue weighted by Gasteiger charge is 2.23. The summed E-state index contributed by atoms with van der Waals surface area (Å²) in [6.07, 6.45) is 0.473. The largest absolute Gasteiger partial charge is 0.340 e. The van der Waals surface area contributed by atoms with Crippen molar-refractivity contribution in [2.45, 2.75) is 26.3 Å². The van der Waals surface area contributed by atoms with E-state index >= 15 is 0 Å². The molecule has 1 unspecified atom stereocenters. The molecule has 1 amide bonds. The van der Waals surface area contributed by atoms with Gasteiger partial charge in [-0.3, -0.25) is 9.69 Å². The number of benzene rings is 1. The molecule has 106 valence electrons. The minimum absolute atomic E-state index is 0.0661. The molecular formula is C16H21N3O. The maximum atomic E-state index is 12.3. The molecule has 1 aromatic rings. The number of nitrogens with zero attached hydrogens (tertiary/aromatic N) is 3. The number of carbonyl (C=O) groups is 1. The third-order valence-corrected chi connectivity index (χ3v) is 4.00. The molecule has 1 fully saturated rings. The predicted molar refractivity (Wildman–Crippen MR) is 78.1 cm³/mol. The summed E-state index contributed by atoms with van der Waals surface area (Å²) in [5, 5.41) is 8.92. The van der Waals surface area contributed by atoms with Crippen molar-refractivity contribution in [3.05, 3.63) is 35.4 Å². The molecule has 1 atom stereocenters. The van der Waals surface area contributed by atoms with Gasteiger partial charge in [0.15, 0.2) is 0 Å². The summed E-state index contributed by atoms with van der Waals surface area (Å²) in [4.78, 5) is 16.3. The van der Waals surface area contributed by atoms with Crippen LogP contribution < -0.4 is 0 Å². The first-order valence-corrected chi connectivity index (χ1v) is 7.07. The van der Waals surface area contributed by atoms with Crippen molar-refractivity contribution in [1.29, 1.82) is 5.26 Å². The maximum Gasteiger partial charge on any atom is 0.227 e. The first kappa shape index (κ1) is 14.5. The van der Waals surface area contributed by atoms with Crippen LogP contribution in [0.5, 0.6) is 0 Å². The van der Waals surface area contributed by atoms with Gasteiger partial charge in [0.2, 0.25) is 5.91 Å². The van der Waals surface area contributed by atoms with E-state index in [4.69, 9.17) is 5.26 Å². The van der Waals surface area contributed by atoms with Gasteiger partial charge < -0.3 is 4.90 Å². The first-order chi connectivity index (χ1) is 9.61. The minimum Gasteiger partial charge on any atom is -0.340 e. The van der Waals surface area contributed by atoms with E-state index in [0.717, 1.165) is 37.3 Å². The third-order valence-electron chi connectivity index (χ3n) is 4.00. The van der Waals surface area contributed by atoms with Crippen LogP contribution in [-0.4, -0.2) is 47.9 Å². The van der Waals surface area contributed by atoms with Gasteiger partial charge in [-0.05, 0) is 25.0 Å². The predicted octanol–water partition coefficient (Wildman–Crippen LogP) is 1.59. The van der Waals surface area contributed by atoms with E-state index in [2.05, 4.69) is 11.0 Å². The van der Waals surface area contributed by atoms with E-state index in [1.165, 1.54) is 0 Å². The molecule has 1 aliphatic heterocycles. The fraction of sp³-hybridized carbons (Fsp3) is 0.500. The molecule has 0 saturated carbocycles. The van der Waals surface area contributed by atoms with E-state index in [1.807, 2.05) is 43.0 Å². The van der Waals surface area contributed by atoms with E-state index in [-0.39, 0.29) is 11.9 Å². The molecule has 1 aliphatic rings. The number of hydrogen-bond acceptors (Lipinski definition) is 3. The first-order valence-electron chi connectivity index (χ1n) is 7.07. The zero-order valence-corrected chi connectivity index (χ0v) is 12.2. The molecule has 1 saturated heterocycles. The van der Waals surface area contributed by atoms with Crippen LogP contribution in [-0.2, 0) is 11.2 Å². The van der Waals surface area contributed by atoms with Crippen molar-refractivity contribution in [2.24, 2.45) is 0 Å². The number of piperazine rings is 1. The second-order valence-electron chi connectivity index (χ2n) is 5.33. The standard InChI is InChI=1S/C16H21N3O/c1-13-5-3-4-6-15(13)11-16(20)19-9-7-18(8-10-19)14(2)12-17/h3-6,14H,7-11H2,1-2H3. The monoisotopic (exact) mass is 271 g/mol. The Bertz CT molecular complexity index is 513. The van der Waals surface area contributed by atoms with Gasteiger partial charge in [0.1, 0.15) is 0 Å². The Morgan fingerprint density at radius 3 is 2.55 bits per heavy atom. The van der Waals surface area contributed by atoms with Gasteiger partial charge in [0.05, 0.1) is 18.5 Å². The van der Waals surface area contributed by atoms with Crippen molar-refractivity contribution >= 4 is 5.91 Å². The molecule has 0 N–H and O–H groups in total. The second kappa shape index (κ2) is 6.53. The molecule has 4 heteroatoms. The van der Waals surface area contributed by atoms with Crippen LogP contribution in [0.15, 0.2) is 24.3 Å². The van der Waals surface area contributed by atoms with Gasteiger partial charge in [-0.1, -0.05) is 24.3 Å². The van der Waals surface area contributed by atoms with Gasteiger partial charge >= 0.3 is 0 Å². The summed E-state index contributed by atoms with van der Waals surface area (Å²) in [5.74, 6) is 0.184. The van der Waals surface area contributed by atoms with Crippen LogP contribution in [0, 0.1) is 18.3 Å². The van der Waals surface area contributed by atoms with Gasteiger partial charge in [-0.25, -0.2) is 0 Å². The van der Waals surface area contributed by atoms with E-state index in [0.29, 0.717) is 6.42 Å². The number of carbonyl (C=O) groups excluding carboxylic acids is 1. The molecule has 0 spiro atoms. The van der Waals surface area contributed by atoms with E-state index in [1.54, 1.807) is 0 Å². The number of nitriles is 1. The summed E-state index contributed by atoms with van der Waals surface area (Å²) in [6.45, 7) is 6.95. The number of rotatable bonds is 3. The van der Waals surface area contributed by atoms with Crippen LogP contribution in [0.2, 0.25) is 0 Å². The Hall–Kier alpha value is -1.86. The highest BCUT2D eigenvalue weighted by atomic mass is 16.2. The number of amides is 1. The van der Waals surface area contributed by atoms with E-state index in [9.17, 15) is 4.79 Å². The highest BCUT2D eigenvalue weighted by Crippen LogP contribution is 2.11. The normalized spacial score (nSPS) is 17.6. The topological polar surface area (TPSA) is 47.3 Å². The fourth-order valence-corrected chi connectivity index (χ4v) is 2.52. The minimum atomic E-state index is -0.0661. The van der Waals surface area contributed by atoms with Crippen molar-refractivity contribution in [1.82, 2.24) is 9.80 Å². The van der Waals surface area contributed by atoms with Crippen molar-refractivity contribution in [2.75, 3.05) is 26.2 Å². The quantitative estimate of drug-likeness (QED) is 0.839. The molecule has 0 radical (unpaired) electrons. The zero-order chi connectivity index (χ0) is 14.5. The number of aryl methyl sites for hydroxylation is 1. The molecule has 4 nitrogen and oxygen atoms in total. The Kier molecular flexibility index (Phi) is 4.75. The average Bonchev–Trinajstić information content (AvgIpc) is 2.49. The van der Waals surface area contributed by atoms with Crippen molar-refractivity contribution in [3.8, 4) is 6.07 Å². The third kappa shape index (κ3) is 3.37. The van der Waals surface area contributed by atoms with Gasteiger partial charge in [-0.15, -0.1) is 0 Å². The molecule has 0 aromatic heterocycles. The lowest BCUT2D eigenvalue weighted by Gasteiger charge is -2.36. The lowest BCUT2D eigenvalue weighted by atomic mass is 10.1. The summed E-state index contributed by atoms with van der Waals surface area (Å²) < 4.78 is 0. The number of hydrogen-bond donors (Lipinski definition) is 0. The van der Waals surface area contributed by atoms with Crippen LogP contribution in [0.25, 0.3) is 0 Å². The van der Waals surface area contributed by atoms with Crippen LogP contribution in [0.4, 0.5) is 0 Å². The Morgan fingerprint density at radius 1 is 1.30 bits per heavy atom. The molecule has 1 aromatic carbocycles. The molecule has 20 heavy (non-hydrogen) atoms. The SMILES string of the molecule is Cc1ccccc1CC(=O)N1CCN(C(C)C#N)CC1. The summed E-state index contributed by atoms with van der Waals surface area (Å²) in [6, 6.07) is 10.2. The summed E-state index contributed by atoms with van der Waals surface area (Å²) in [7, 11) is 0. The molecule has 0 bridgehead atoms. The zero-order valence-electron chi connectivity index (χ0n) is 12.2. The van der Waals surface area contributed by atoms with Crippen LogP contribution in [0.1, 0.15) is 18.1 Å². The van der Waals surface area contributed by atoms with Crippen molar-refractivity contribution < 1.29 is 4.79 Å². The molecule has 1 heterocycles. The highest BCUT2D eigenvalue weighted by molar-refractivity contribution is 5.79. The lowest BCUT2D eigenvalue weighted by Crippen LogP contribution is -2.51. The molecule has 2 rings (SSSR count).